The summed E-state index contributed by atoms with van der Waals surface area (Å²) in [4.78, 5) is 2.32. The molecule has 17 heavy (non-hydrogen) atoms. The first kappa shape index (κ1) is 10.2. The molecule has 0 radical (unpaired) electrons. The van der Waals surface area contributed by atoms with Gasteiger partial charge in [-0.25, -0.2) is 0 Å². The predicted octanol–water partition coefficient (Wildman–Crippen LogP) is 3.48. The summed E-state index contributed by atoms with van der Waals surface area (Å²) in [5.74, 6) is 0.319. The van der Waals surface area contributed by atoms with Crippen LogP contribution in [0.4, 0.5) is 11.4 Å². The Hall–Kier alpha value is -1.96. The van der Waals surface area contributed by atoms with Crippen molar-refractivity contribution in [3.8, 4) is 5.75 Å². The third-order valence-electron chi connectivity index (χ3n) is 3.27. The number of fused-ring (bicyclic) bond motifs is 1. The fraction of sp³-hybridized carbons (Fsp3) is 0.200. The van der Waals surface area contributed by atoms with E-state index in [0.717, 1.165) is 18.7 Å². The number of benzene rings is 2. The molecular formula is C15H15NO. The van der Waals surface area contributed by atoms with Crippen LogP contribution in [0, 0.1) is 0 Å². The van der Waals surface area contributed by atoms with Gasteiger partial charge in [0, 0.05) is 17.9 Å². The van der Waals surface area contributed by atoms with Crippen LogP contribution in [0.3, 0.4) is 0 Å². The molecule has 1 heterocycles. The highest BCUT2D eigenvalue weighted by Crippen LogP contribution is 2.33. The molecule has 2 aromatic rings. The minimum atomic E-state index is 0.319. The van der Waals surface area contributed by atoms with E-state index in [4.69, 9.17) is 0 Å². The molecule has 0 bridgehead atoms. The summed E-state index contributed by atoms with van der Waals surface area (Å²) in [6, 6.07) is 16.0. The molecule has 3 rings (SSSR count). The van der Waals surface area contributed by atoms with Crippen LogP contribution in [0.2, 0.25) is 0 Å². The van der Waals surface area contributed by atoms with E-state index in [1.165, 1.54) is 17.7 Å². The number of aromatic hydroxyl groups is 1. The second-order valence-corrected chi connectivity index (χ2v) is 4.40. The molecule has 2 heteroatoms. The van der Waals surface area contributed by atoms with Gasteiger partial charge in [0.15, 0.2) is 0 Å². The Bertz CT molecular complexity index is 519. The maximum atomic E-state index is 9.33. The van der Waals surface area contributed by atoms with E-state index in [2.05, 4.69) is 29.2 Å². The fourth-order valence-electron chi connectivity index (χ4n) is 2.43. The number of hydrogen-bond acceptors (Lipinski definition) is 2. The highest BCUT2D eigenvalue weighted by atomic mass is 16.3. The Morgan fingerprint density at radius 1 is 0.941 bits per heavy atom. The van der Waals surface area contributed by atoms with E-state index < -0.39 is 0 Å². The number of anilines is 2. The SMILES string of the molecule is Oc1ccc(N2CCCc3ccccc32)cc1. The average Bonchev–Trinajstić information content (AvgIpc) is 2.39. The normalized spacial score (nSPS) is 14.5. The van der Waals surface area contributed by atoms with E-state index in [1.54, 1.807) is 12.1 Å². The number of rotatable bonds is 1. The van der Waals surface area contributed by atoms with Gasteiger partial charge in [-0.3, -0.25) is 0 Å². The third kappa shape index (κ3) is 1.86. The quantitative estimate of drug-likeness (QED) is 0.803. The zero-order valence-electron chi connectivity index (χ0n) is 9.63. The maximum Gasteiger partial charge on any atom is 0.115 e. The van der Waals surface area contributed by atoms with E-state index in [9.17, 15) is 5.11 Å². The summed E-state index contributed by atoms with van der Waals surface area (Å²) >= 11 is 0. The maximum absolute atomic E-state index is 9.33. The van der Waals surface area contributed by atoms with Crippen LogP contribution in [0.25, 0.3) is 0 Å². The summed E-state index contributed by atoms with van der Waals surface area (Å²) in [5, 5.41) is 9.33. The molecule has 0 saturated carbocycles. The number of hydrogen-bond donors (Lipinski definition) is 1. The monoisotopic (exact) mass is 225 g/mol. The molecule has 2 aromatic carbocycles. The van der Waals surface area contributed by atoms with Crippen molar-refractivity contribution in [3.05, 3.63) is 54.1 Å². The number of phenolic OH excluding ortho intramolecular Hbond substituents is 1. The fourth-order valence-corrected chi connectivity index (χ4v) is 2.43. The van der Waals surface area contributed by atoms with Crippen molar-refractivity contribution in [1.29, 1.82) is 0 Å². The van der Waals surface area contributed by atoms with Crippen LogP contribution in [-0.2, 0) is 6.42 Å². The van der Waals surface area contributed by atoms with Crippen molar-refractivity contribution < 1.29 is 5.11 Å². The average molecular weight is 225 g/mol. The van der Waals surface area contributed by atoms with Crippen molar-refractivity contribution in [2.45, 2.75) is 12.8 Å². The van der Waals surface area contributed by atoms with Gasteiger partial charge in [0.05, 0.1) is 0 Å². The van der Waals surface area contributed by atoms with Gasteiger partial charge in [-0.15, -0.1) is 0 Å². The molecule has 1 aliphatic heterocycles. The van der Waals surface area contributed by atoms with Gasteiger partial charge >= 0.3 is 0 Å². The first-order valence-electron chi connectivity index (χ1n) is 5.99. The summed E-state index contributed by atoms with van der Waals surface area (Å²) in [5.41, 5.74) is 3.85. The Labute approximate surface area is 101 Å². The van der Waals surface area contributed by atoms with Crippen molar-refractivity contribution >= 4 is 11.4 Å². The number of nitrogens with zero attached hydrogens (tertiary/aromatic N) is 1. The van der Waals surface area contributed by atoms with Gasteiger partial charge in [-0.1, -0.05) is 18.2 Å². The molecule has 0 unspecified atom stereocenters. The summed E-state index contributed by atoms with van der Waals surface area (Å²) in [6.45, 7) is 1.04. The summed E-state index contributed by atoms with van der Waals surface area (Å²) < 4.78 is 0. The van der Waals surface area contributed by atoms with Crippen LogP contribution >= 0.6 is 0 Å². The first-order chi connectivity index (χ1) is 8.34. The molecule has 0 fully saturated rings. The largest absolute Gasteiger partial charge is 0.508 e. The number of aryl methyl sites for hydroxylation is 1. The van der Waals surface area contributed by atoms with Crippen molar-refractivity contribution in [1.82, 2.24) is 0 Å². The Morgan fingerprint density at radius 2 is 1.71 bits per heavy atom. The van der Waals surface area contributed by atoms with Gasteiger partial charge in [0.25, 0.3) is 0 Å². The molecule has 1 N–H and O–H groups in total. The minimum Gasteiger partial charge on any atom is -0.508 e. The van der Waals surface area contributed by atoms with E-state index in [1.807, 2.05) is 12.1 Å². The standard InChI is InChI=1S/C15H15NO/c17-14-9-7-13(8-10-14)16-11-3-5-12-4-1-2-6-15(12)16/h1-2,4,6-10,17H,3,5,11H2. The van der Waals surface area contributed by atoms with E-state index in [-0.39, 0.29) is 0 Å². The Kier molecular flexibility index (Phi) is 2.48. The zero-order valence-corrected chi connectivity index (χ0v) is 9.63. The van der Waals surface area contributed by atoms with Gasteiger partial charge < -0.3 is 10.0 Å². The predicted molar refractivity (Wildman–Crippen MR) is 69.9 cm³/mol. The van der Waals surface area contributed by atoms with Gasteiger partial charge in [0.2, 0.25) is 0 Å². The molecular weight excluding hydrogens is 210 g/mol. The summed E-state index contributed by atoms with van der Waals surface area (Å²) in [7, 11) is 0. The Morgan fingerprint density at radius 3 is 2.53 bits per heavy atom. The van der Waals surface area contributed by atoms with Crippen LogP contribution in [-0.4, -0.2) is 11.7 Å². The lowest BCUT2D eigenvalue weighted by Gasteiger charge is -2.31. The minimum absolute atomic E-state index is 0.319. The molecule has 0 spiro atoms. The van der Waals surface area contributed by atoms with Gasteiger partial charge in [-0.05, 0) is 48.7 Å². The number of phenols is 1. The van der Waals surface area contributed by atoms with Gasteiger partial charge in [0.1, 0.15) is 5.75 Å². The molecule has 0 saturated heterocycles. The molecule has 0 aliphatic carbocycles. The zero-order chi connectivity index (χ0) is 11.7. The molecule has 2 nitrogen and oxygen atoms in total. The van der Waals surface area contributed by atoms with E-state index >= 15 is 0 Å². The molecule has 1 aliphatic rings. The van der Waals surface area contributed by atoms with Crippen LogP contribution in [0.1, 0.15) is 12.0 Å². The lowest BCUT2D eigenvalue weighted by molar-refractivity contribution is 0.475. The summed E-state index contributed by atoms with van der Waals surface area (Å²) in [6.07, 6.45) is 2.34. The lowest BCUT2D eigenvalue weighted by atomic mass is 10.0. The van der Waals surface area contributed by atoms with Crippen molar-refractivity contribution in [3.63, 3.8) is 0 Å². The van der Waals surface area contributed by atoms with E-state index in [0.29, 0.717) is 5.75 Å². The third-order valence-corrected chi connectivity index (χ3v) is 3.27. The number of para-hydroxylation sites is 1. The van der Waals surface area contributed by atoms with Crippen molar-refractivity contribution in [2.24, 2.45) is 0 Å². The van der Waals surface area contributed by atoms with Crippen LogP contribution in [0.5, 0.6) is 5.75 Å². The lowest BCUT2D eigenvalue weighted by Crippen LogP contribution is -2.24. The second-order valence-electron chi connectivity index (χ2n) is 4.40. The second kappa shape index (κ2) is 4.13. The molecule has 0 aromatic heterocycles. The molecule has 0 amide bonds. The first-order valence-corrected chi connectivity index (χ1v) is 5.99. The highest BCUT2D eigenvalue weighted by Gasteiger charge is 2.17. The molecule has 0 atom stereocenters. The highest BCUT2D eigenvalue weighted by molar-refractivity contribution is 5.68. The molecule has 86 valence electrons. The van der Waals surface area contributed by atoms with Crippen molar-refractivity contribution in [2.75, 3.05) is 11.4 Å². The van der Waals surface area contributed by atoms with Crippen LogP contribution in [0.15, 0.2) is 48.5 Å². The smallest absolute Gasteiger partial charge is 0.115 e. The van der Waals surface area contributed by atoms with Gasteiger partial charge in [-0.2, -0.15) is 0 Å². The Balaban J connectivity index is 2.03. The van der Waals surface area contributed by atoms with Crippen LogP contribution < -0.4 is 4.90 Å². The topological polar surface area (TPSA) is 23.5 Å².